The third-order valence-electron chi connectivity index (χ3n) is 2.66. The highest BCUT2D eigenvalue weighted by Crippen LogP contribution is 2.17. The molecule has 21 heavy (non-hydrogen) atoms. The minimum absolute atomic E-state index is 0.422. The van der Waals surface area contributed by atoms with E-state index in [-0.39, 0.29) is 0 Å². The quantitative estimate of drug-likeness (QED) is 0.178. The lowest BCUT2D eigenvalue weighted by Gasteiger charge is -2.16. The number of hydrogen-bond donors (Lipinski definition) is 0. The normalized spacial score (nSPS) is 11.6. The number of azide groups is 1. The molecule has 1 heterocycles. The van der Waals surface area contributed by atoms with Crippen molar-refractivity contribution in [3.05, 3.63) is 38.9 Å². The molecule has 0 N–H and O–H groups in total. The average molecular weight is 371 g/mol. The van der Waals surface area contributed by atoms with E-state index in [1.54, 1.807) is 6.08 Å². The molecule has 0 saturated heterocycles. The smallest absolute Gasteiger partial charge is 0.242 e. The Morgan fingerprint density at radius 1 is 1.57 bits per heavy atom. The van der Waals surface area contributed by atoms with Crippen LogP contribution in [0, 0.1) is 0 Å². The predicted molar refractivity (Wildman–Crippen MR) is 89.4 cm³/mol. The number of aromatic nitrogens is 1. The van der Waals surface area contributed by atoms with Crippen molar-refractivity contribution in [2.45, 2.75) is 32.4 Å². The Balaban J connectivity index is 2.63. The van der Waals surface area contributed by atoms with Crippen molar-refractivity contribution in [1.29, 1.82) is 0 Å². The summed E-state index contributed by atoms with van der Waals surface area (Å²) < 4.78 is 8.46. The van der Waals surface area contributed by atoms with Gasteiger partial charge in [0.1, 0.15) is 6.73 Å². The first-order chi connectivity index (χ1) is 9.81. The second kappa shape index (κ2) is 8.19. The standard InChI is InChI=1S/C13H19BrN4O2Si/c1-21(2,3)7-6-20-10-18-9-11(14)8-12(18)4-5-13(19)16-17-15/h4-5,8-9H,6-7,10H2,1-3H3/b5-4+. The second-order valence-corrected chi connectivity index (χ2v) is 12.3. The maximum absolute atomic E-state index is 11.2. The summed E-state index contributed by atoms with van der Waals surface area (Å²) >= 11 is 3.39. The second-order valence-electron chi connectivity index (χ2n) is 5.76. The monoisotopic (exact) mass is 370 g/mol. The molecular formula is C13H19BrN4O2Si. The van der Waals surface area contributed by atoms with E-state index < -0.39 is 14.0 Å². The molecular weight excluding hydrogens is 352 g/mol. The number of ether oxygens (including phenoxy) is 1. The largest absolute Gasteiger partial charge is 0.361 e. The molecule has 0 spiro atoms. The van der Waals surface area contributed by atoms with Gasteiger partial charge in [0.05, 0.1) is 0 Å². The zero-order valence-corrected chi connectivity index (χ0v) is 15.0. The van der Waals surface area contributed by atoms with E-state index in [0.717, 1.165) is 22.8 Å². The van der Waals surface area contributed by atoms with Gasteiger partial charge in [0.25, 0.3) is 0 Å². The summed E-state index contributed by atoms with van der Waals surface area (Å²) in [6.07, 6.45) is 4.72. The van der Waals surface area contributed by atoms with Crippen molar-refractivity contribution in [1.82, 2.24) is 4.57 Å². The molecule has 1 aromatic heterocycles. The summed E-state index contributed by atoms with van der Waals surface area (Å²) in [5.41, 5.74) is 8.98. The predicted octanol–water partition coefficient (Wildman–Crippen LogP) is 4.41. The fraction of sp³-hybridized carbons (Fsp3) is 0.462. The zero-order chi connectivity index (χ0) is 15.9. The molecule has 0 saturated carbocycles. The first kappa shape index (κ1) is 17.7. The highest BCUT2D eigenvalue weighted by Gasteiger charge is 2.12. The summed E-state index contributed by atoms with van der Waals surface area (Å²) in [7, 11) is -1.09. The molecule has 0 aromatic carbocycles. The molecule has 0 radical (unpaired) electrons. The van der Waals surface area contributed by atoms with Gasteiger partial charge in [-0.25, -0.2) is 0 Å². The van der Waals surface area contributed by atoms with Crippen LogP contribution in [0.3, 0.4) is 0 Å². The Kier molecular flexibility index (Phi) is 6.90. The van der Waals surface area contributed by atoms with E-state index in [0.29, 0.717) is 6.73 Å². The number of carbonyl (C=O) groups is 1. The van der Waals surface area contributed by atoms with E-state index in [1.165, 1.54) is 6.08 Å². The van der Waals surface area contributed by atoms with E-state index in [2.05, 4.69) is 45.6 Å². The average Bonchev–Trinajstić information content (AvgIpc) is 2.72. The third-order valence-corrected chi connectivity index (χ3v) is 4.80. The lowest BCUT2D eigenvalue weighted by atomic mass is 10.3. The molecule has 0 atom stereocenters. The number of halogens is 1. The minimum atomic E-state index is -1.09. The van der Waals surface area contributed by atoms with Crippen LogP contribution in [0.2, 0.25) is 25.7 Å². The van der Waals surface area contributed by atoms with Crippen LogP contribution in [0.5, 0.6) is 0 Å². The Morgan fingerprint density at radius 2 is 2.29 bits per heavy atom. The summed E-state index contributed by atoms with van der Waals surface area (Å²) in [6, 6.07) is 2.97. The Bertz CT molecular complexity index is 571. The van der Waals surface area contributed by atoms with E-state index in [9.17, 15) is 4.79 Å². The molecule has 0 unspecified atom stereocenters. The van der Waals surface area contributed by atoms with Gasteiger partial charge in [0.2, 0.25) is 5.91 Å². The van der Waals surface area contributed by atoms with Crippen LogP contribution < -0.4 is 0 Å². The lowest BCUT2D eigenvalue weighted by Crippen LogP contribution is -2.22. The molecule has 8 heteroatoms. The summed E-state index contributed by atoms with van der Waals surface area (Å²) in [5.74, 6) is -0.624. The molecule has 1 amide bonds. The third kappa shape index (κ3) is 7.28. The summed E-state index contributed by atoms with van der Waals surface area (Å²) in [5, 5.41) is 2.99. The maximum Gasteiger partial charge on any atom is 0.242 e. The molecule has 1 rings (SSSR count). The number of rotatable bonds is 7. The van der Waals surface area contributed by atoms with Crippen molar-refractivity contribution in [2.24, 2.45) is 5.11 Å². The van der Waals surface area contributed by atoms with Crippen molar-refractivity contribution < 1.29 is 9.53 Å². The highest BCUT2D eigenvalue weighted by molar-refractivity contribution is 9.10. The lowest BCUT2D eigenvalue weighted by molar-refractivity contribution is -0.113. The fourth-order valence-corrected chi connectivity index (χ4v) is 2.75. The van der Waals surface area contributed by atoms with Crippen molar-refractivity contribution in [3.8, 4) is 0 Å². The number of carbonyl (C=O) groups excluding carboxylic acids is 1. The van der Waals surface area contributed by atoms with Gasteiger partial charge >= 0.3 is 0 Å². The van der Waals surface area contributed by atoms with Gasteiger partial charge in [0, 0.05) is 36.0 Å². The van der Waals surface area contributed by atoms with Crippen LogP contribution in [-0.2, 0) is 16.3 Å². The van der Waals surface area contributed by atoms with Gasteiger partial charge in [-0.2, -0.15) is 0 Å². The molecule has 0 aliphatic carbocycles. The van der Waals surface area contributed by atoms with Gasteiger partial charge in [-0.3, -0.25) is 4.79 Å². The maximum atomic E-state index is 11.2. The number of amides is 1. The Hall–Kier alpha value is -1.34. The van der Waals surface area contributed by atoms with Gasteiger partial charge in [-0.05, 0) is 50.8 Å². The fourth-order valence-electron chi connectivity index (χ4n) is 1.52. The topological polar surface area (TPSA) is 80.0 Å². The first-order valence-corrected chi connectivity index (χ1v) is 11.0. The van der Waals surface area contributed by atoms with Gasteiger partial charge in [0.15, 0.2) is 0 Å². The molecule has 0 aliphatic heterocycles. The zero-order valence-electron chi connectivity index (χ0n) is 12.4. The van der Waals surface area contributed by atoms with Crippen LogP contribution in [0.1, 0.15) is 5.69 Å². The van der Waals surface area contributed by atoms with Gasteiger partial charge in [-0.1, -0.05) is 19.6 Å². The molecule has 1 aromatic rings. The SMILES string of the molecule is C[Si](C)(C)CCOCn1cc(Br)cc1/C=C/C(=O)N=[N+]=[N-]. The van der Waals surface area contributed by atoms with Crippen molar-refractivity contribution in [2.75, 3.05) is 6.61 Å². The molecule has 0 aliphatic rings. The van der Waals surface area contributed by atoms with E-state index in [4.69, 9.17) is 10.3 Å². The van der Waals surface area contributed by atoms with Crippen molar-refractivity contribution >= 4 is 36.0 Å². The molecule has 6 nitrogen and oxygen atoms in total. The Morgan fingerprint density at radius 3 is 2.90 bits per heavy atom. The van der Waals surface area contributed by atoms with E-state index >= 15 is 0 Å². The van der Waals surface area contributed by atoms with Crippen molar-refractivity contribution in [3.63, 3.8) is 0 Å². The number of nitrogens with zero attached hydrogens (tertiary/aromatic N) is 4. The minimum Gasteiger partial charge on any atom is -0.361 e. The van der Waals surface area contributed by atoms with Crippen LogP contribution in [0.25, 0.3) is 16.5 Å². The molecule has 0 bridgehead atoms. The van der Waals surface area contributed by atoms with Crippen LogP contribution >= 0.6 is 15.9 Å². The highest BCUT2D eigenvalue weighted by atomic mass is 79.9. The van der Waals surface area contributed by atoms with Crippen LogP contribution in [-0.4, -0.2) is 25.2 Å². The van der Waals surface area contributed by atoms with E-state index in [1.807, 2.05) is 16.8 Å². The molecule has 114 valence electrons. The number of hydrogen-bond acceptors (Lipinski definition) is 2. The van der Waals surface area contributed by atoms with Crippen LogP contribution in [0.15, 0.2) is 27.9 Å². The Labute approximate surface area is 133 Å². The summed E-state index contributed by atoms with van der Waals surface area (Å²) in [4.78, 5) is 13.6. The molecule has 0 fully saturated rings. The van der Waals surface area contributed by atoms with Gasteiger partial charge < -0.3 is 9.30 Å². The van der Waals surface area contributed by atoms with Crippen LogP contribution in [0.4, 0.5) is 0 Å². The first-order valence-electron chi connectivity index (χ1n) is 6.52. The summed E-state index contributed by atoms with van der Waals surface area (Å²) in [6.45, 7) is 8.06. The van der Waals surface area contributed by atoms with Gasteiger partial charge in [-0.15, -0.1) is 0 Å².